The van der Waals surface area contributed by atoms with Crippen molar-refractivity contribution in [2.24, 2.45) is 0 Å². The Bertz CT molecular complexity index is 467. The number of benzene rings is 1. The van der Waals surface area contributed by atoms with E-state index in [1.807, 2.05) is 18.2 Å². The molecule has 2 rings (SSSR count). The molecule has 0 atom stereocenters. The van der Waals surface area contributed by atoms with Crippen LogP contribution in [0.15, 0.2) is 35.7 Å². The molecule has 0 bridgehead atoms. The van der Waals surface area contributed by atoms with Gasteiger partial charge in [-0.15, -0.1) is 11.3 Å². The molecule has 17 heavy (non-hydrogen) atoms. The van der Waals surface area contributed by atoms with Crippen molar-refractivity contribution in [2.75, 3.05) is 6.54 Å². The lowest BCUT2D eigenvalue weighted by atomic mass is 10.2. The van der Waals surface area contributed by atoms with Crippen LogP contribution in [0.1, 0.15) is 11.4 Å². The summed E-state index contributed by atoms with van der Waals surface area (Å²) in [4.78, 5) is 14.7. The monoisotopic (exact) mass is 246 g/mol. The minimum absolute atomic E-state index is 0.552. The van der Waals surface area contributed by atoms with Crippen molar-refractivity contribution in [1.82, 2.24) is 10.3 Å². The van der Waals surface area contributed by atoms with E-state index < -0.39 is 0 Å². The minimum atomic E-state index is 0.552. The van der Waals surface area contributed by atoms with Crippen molar-refractivity contribution in [3.8, 4) is 11.3 Å². The van der Waals surface area contributed by atoms with Crippen LogP contribution in [0.5, 0.6) is 0 Å². The van der Waals surface area contributed by atoms with Gasteiger partial charge in [0.2, 0.25) is 0 Å². The van der Waals surface area contributed by atoms with Gasteiger partial charge in [0.25, 0.3) is 0 Å². The Hall–Kier alpha value is -1.52. The van der Waals surface area contributed by atoms with Gasteiger partial charge in [-0.1, -0.05) is 30.3 Å². The molecule has 0 saturated carbocycles. The number of hydrogen-bond donors (Lipinski definition) is 1. The Labute approximate surface area is 105 Å². The fourth-order valence-corrected chi connectivity index (χ4v) is 2.26. The molecule has 4 heteroatoms. The van der Waals surface area contributed by atoms with Crippen LogP contribution < -0.4 is 5.32 Å². The molecule has 1 aromatic carbocycles. The van der Waals surface area contributed by atoms with Gasteiger partial charge >= 0.3 is 0 Å². The molecular formula is C13H14N2OS. The highest BCUT2D eigenvalue weighted by Crippen LogP contribution is 2.21. The first kappa shape index (κ1) is 12.0. The number of carbonyl (C=O) groups excluding carboxylic acids is 1. The van der Waals surface area contributed by atoms with Crippen LogP contribution in [0, 0.1) is 0 Å². The number of thiazole rings is 1. The van der Waals surface area contributed by atoms with Crippen LogP contribution in [0.3, 0.4) is 0 Å². The zero-order valence-corrected chi connectivity index (χ0v) is 10.2. The summed E-state index contributed by atoms with van der Waals surface area (Å²) in [6.45, 7) is 1.44. The van der Waals surface area contributed by atoms with Crippen LogP contribution in [-0.4, -0.2) is 17.8 Å². The lowest BCUT2D eigenvalue weighted by molar-refractivity contribution is -0.107. The summed E-state index contributed by atoms with van der Waals surface area (Å²) in [5, 5.41) is 6.30. The van der Waals surface area contributed by atoms with Crippen LogP contribution in [0.2, 0.25) is 0 Å². The summed E-state index contributed by atoms with van der Waals surface area (Å²) in [6, 6.07) is 10.1. The van der Waals surface area contributed by atoms with Crippen molar-refractivity contribution in [3.05, 3.63) is 40.7 Å². The van der Waals surface area contributed by atoms with E-state index >= 15 is 0 Å². The first-order chi connectivity index (χ1) is 8.40. The van der Waals surface area contributed by atoms with Crippen molar-refractivity contribution < 1.29 is 4.79 Å². The third-order valence-electron chi connectivity index (χ3n) is 2.34. The second kappa shape index (κ2) is 6.27. The fourth-order valence-electron chi connectivity index (χ4n) is 1.49. The van der Waals surface area contributed by atoms with E-state index in [1.54, 1.807) is 11.3 Å². The third-order valence-corrected chi connectivity index (χ3v) is 3.19. The van der Waals surface area contributed by atoms with E-state index in [9.17, 15) is 4.79 Å². The molecular weight excluding hydrogens is 232 g/mol. The van der Waals surface area contributed by atoms with E-state index in [0.717, 1.165) is 29.1 Å². The topological polar surface area (TPSA) is 42.0 Å². The maximum Gasteiger partial charge on any atom is 0.121 e. The molecule has 0 spiro atoms. The lowest BCUT2D eigenvalue weighted by Gasteiger charge is -1.98. The summed E-state index contributed by atoms with van der Waals surface area (Å²) in [5.74, 6) is 0. The Morgan fingerprint density at radius 1 is 1.29 bits per heavy atom. The number of nitrogens with zero attached hydrogens (tertiary/aromatic N) is 1. The van der Waals surface area contributed by atoms with Gasteiger partial charge in [-0.05, 0) is 0 Å². The largest absolute Gasteiger partial charge is 0.310 e. The maximum atomic E-state index is 10.2. The van der Waals surface area contributed by atoms with E-state index in [-0.39, 0.29) is 0 Å². The second-order valence-electron chi connectivity index (χ2n) is 3.62. The van der Waals surface area contributed by atoms with E-state index in [4.69, 9.17) is 0 Å². The predicted octanol–water partition coefficient (Wildman–Crippen LogP) is 2.49. The zero-order valence-electron chi connectivity index (χ0n) is 9.43. The Morgan fingerprint density at radius 2 is 2.12 bits per heavy atom. The Kier molecular flexibility index (Phi) is 4.41. The van der Waals surface area contributed by atoms with Crippen LogP contribution in [0.25, 0.3) is 11.3 Å². The molecule has 3 nitrogen and oxygen atoms in total. The third kappa shape index (κ3) is 3.47. The molecule has 1 aromatic heterocycles. The van der Waals surface area contributed by atoms with Gasteiger partial charge in [0.15, 0.2) is 0 Å². The van der Waals surface area contributed by atoms with Gasteiger partial charge in [-0.2, -0.15) is 0 Å². The normalized spacial score (nSPS) is 10.4. The Balaban J connectivity index is 1.94. The lowest BCUT2D eigenvalue weighted by Crippen LogP contribution is -2.14. The number of carbonyl (C=O) groups is 1. The SMILES string of the molecule is O=CCCNCc1nc(-c2ccccc2)cs1. The summed E-state index contributed by atoms with van der Waals surface area (Å²) >= 11 is 1.64. The highest BCUT2D eigenvalue weighted by molar-refractivity contribution is 7.09. The van der Waals surface area contributed by atoms with Gasteiger partial charge < -0.3 is 10.1 Å². The highest BCUT2D eigenvalue weighted by atomic mass is 32.1. The molecule has 0 aliphatic heterocycles. The maximum absolute atomic E-state index is 10.2. The molecule has 0 aliphatic carbocycles. The number of rotatable bonds is 6. The van der Waals surface area contributed by atoms with E-state index in [0.29, 0.717) is 13.0 Å². The number of hydrogen-bond acceptors (Lipinski definition) is 4. The molecule has 1 N–H and O–H groups in total. The van der Waals surface area contributed by atoms with Gasteiger partial charge in [0, 0.05) is 30.5 Å². The molecule has 0 aliphatic rings. The van der Waals surface area contributed by atoms with E-state index in [2.05, 4.69) is 27.8 Å². The molecule has 0 unspecified atom stereocenters. The highest BCUT2D eigenvalue weighted by Gasteiger charge is 2.03. The quantitative estimate of drug-likeness (QED) is 0.629. The summed E-state index contributed by atoms with van der Waals surface area (Å²) < 4.78 is 0. The standard InChI is InChI=1S/C13H14N2OS/c16-8-4-7-14-9-13-15-12(10-17-13)11-5-2-1-3-6-11/h1-3,5-6,8,10,14H,4,7,9H2. The van der Waals surface area contributed by atoms with Crippen LogP contribution >= 0.6 is 11.3 Å². The van der Waals surface area contributed by atoms with Crippen molar-refractivity contribution >= 4 is 17.6 Å². The number of aromatic nitrogens is 1. The summed E-state index contributed by atoms with van der Waals surface area (Å²) in [6.07, 6.45) is 1.47. The van der Waals surface area contributed by atoms with Crippen LogP contribution in [-0.2, 0) is 11.3 Å². The van der Waals surface area contributed by atoms with Crippen molar-refractivity contribution in [1.29, 1.82) is 0 Å². The van der Waals surface area contributed by atoms with Crippen molar-refractivity contribution in [3.63, 3.8) is 0 Å². The van der Waals surface area contributed by atoms with E-state index in [1.165, 1.54) is 0 Å². The average molecular weight is 246 g/mol. The molecule has 2 aromatic rings. The molecule has 88 valence electrons. The summed E-state index contributed by atoms with van der Waals surface area (Å²) in [7, 11) is 0. The molecule has 0 radical (unpaired) electrons. The smallest absolute Gasteiger partial charge is 0.121 e. The van der Waals surface area contributed by atoms with Crippen LogP contribution in [0.4, 0.5) is 0 Å². The van der Waals surface area contributed by atoms with Gasteiger partial charge in [0.05, 0.1) is 5.69 Å². The Morgan fingerprint density at radius 3 is 2.88 bits per heavy atom. The fraction of sp³-hybridized carbons (Fsp3) is 0.231. The van der Waals surface area contributed by atoms with Crippen molar-refractivity contribution in [2.45, 2.75) is 13.0 Å². The zero-order chi connectivity index (χ0) is 11.9. The second-order valence-corrected chi connectivity index (χ2v) is 4.57. The van der Waals surface area contributed by atoms with Gasteiger partial charge in [0.1, 0.15) is 11.3 Å². The molecule has 0 fully saturated rings. The molecule has 0 saturated heterocycles. The van der Waals surface area contributed by atoms with Gasteiger partial charge in [-0.25, -0.2) is 4.98 Å². The van der Waals surface area contributed by atoms with Gasteiger partial charge in [-0.3, -0.25) is 0 Å². The average Bonchev–Trinajstić information content (AvgIpc) is 2.85. The number of nitrogens with one attached hydrogen (secondary N) is 1. The first-order valence-electron chi connectivity index (χ1n) is 5.54. The molecule has 0 amide bonds. The summed E-state index contributed by atoms with van der Waals surface area (Å²) in [5.41, 5.74) is 2.16. The minimum Gasteiger partial charge on any atom is -0.310 e. The number of aldehydes is 1. The first-order valence-corrected chi connectivity index (χ1v) is 6.42. The molecule has 1 heterocycles. The predicted molar refractivity (Wildman–Crippen MR) is 69.9 cm³/mol.